The fourth-order valence-electron chi connectivity index (χ4n) is 9.35. The third-order valence-corrected chi connectivity index (χ3v) is 14.0. The molecule has 5 amide bonds. The van der Waals surface area contributed by atoms with Crippen LogP contribution in [0.25, 0.3) is 10.8 Å². The second kappa shape index (κ2) is 18.8. The Morgan fingerprint density at radius 2 is 1.73 bits per heavy atom. The Hall–Kier alpha value is -6.39. The maximum atomic E-state index is 13.6. The van der Waals surface area contributed by atoms with Crippen molar-refractivity contribution in [3.8, 4) is 0 Å². The summed E-state index contributed by atoms with van der Waals surface area (Å²) in [5.74, 6) is -1.28. The first-order valence-corrected chi connectivity index (χ1v) is 22.8. The lowest BCUT2D eigenvalue weighted by atomic mass is 9.85. The summed E-state index contributed by atoms with van der Waals surface area (Å²) < 4.78 is 7.83. The summed E-state index contributed by atoms with van der Waals surface area (Å²) in [4.78, 5) is 71.0. The standard InChI is InChI=1S/C48H54N8O7S/c1-4-63-40(43(49)46(60)61)27-50-31-9-6-11-33(25-31)51-34-20-23-55(48(2,3)26-34)64-28-29-8-5-10-32(24-29)52-47(62)54-21-18-30(19-22-54)35-14-15-38-42-36(35)12-7-13-37(42)45(59)56(38)39-16-17-41(57)53-44(39)58/h5-15,24-25,27,30,34,39,51H,4,16-23,26,28,49H2,1-3H3,(H,52,62)(H,60,61)(H,53,57,58)/b43-40+,50-27?. The number of nitrogens with one attached hydrogen (secondary N) is 3. The first kappa shape index (κ1) is 44.2. The predicted octanol–water partition coefficient (Wildman–Crippen LogP) is 7.51. The third kappa shape index (κ3) is 9.43. The summed E-state index contributed by atoms with van der Waals surface area (Å²) in [6.45, 7) is 8.59. The van der Waals surface area contributed by atoms with Gasteiger partial charge in [-0.25, -0.2) is 13.9 Å². The van der Waals surface area contributed by atoms with Gasteiger partial charge in [-0.1, -0.05) is 48.3 Å². The van der Waals surface area contributed by atoms with E-state index in [1.54, 1.807) is 29.8 Å². The topological polar surface area (TPSA) is 199 Å². The van der Waals surface area contributed by atoms with Gasteiger partial charge in [-0.2, -0.15) is 0 Å². The number of carbonyl (C=O) groups excluding carboxylic acids is 4. The number of likely N-dealkylation sites (tertiary alicyclic amines) is 1. The number of anilines is 3. The minimum absolute atomic E-state index is 0.0153. The van der Waals surface area contributed by atoms with Crippen LogP contribution in [0.3, 0.4) is 0 Å². The van der Waals surface area contributed by atoms with Crippen LogP contribution >= 0.6 is 11.9 Å². The van der Waals surface area contributed by atoms with Crippen molar-refractivity contribution < 1.29 is 33.8 Å². The van der Waals surface area contributed by atoms with Gasteiger partial charge >= 0.3 is 12.0 Å². The maximum Gasteiger partial charge on any atom is 0.355 e. The molecule has 6 N–H and O–H groups in total. The molecule has 2 atom stereocenters. The van der Waals surface area contributed by atoms with E-state index >= 15 is 0 Å². The number of urea groups is 1. The number of carboxylic acids is 1. The highest BCUT2D eigenvalue weighted by Gasteiger charge is 2.41. The van der Waals surface area contributed by atoms with Gasteiger partial charge in [0.1, 0.15) is 6.04 Å². The van der Waals surface area contributed by atoms with E-state index in [2.05, 4.69) is 51.2 Å². The highest BCUT2D eigenvalue weighted by Crippen LogP contribution is 2.44. The second-order valence-electron chi connectivity index (χ2n) is 17.3. The molecule has 0 spiro atoms. The van der Waals surface area contributed by atoms with Gasteiger partial charge in [0.15, 0.2) is 11.5 Å². The average Bonchev–Trinajstić information content (AvgIpc) is 3.56. The van der Waals surface area contributed by atoms with Crippen molar-refractivity contribution in [2.75, 3.05) is 41.8 Å². The molecule has 3 fully saturated rings. The van der Waals surface area contributed by atoms with Gasteiger partial charge in [0, 0.05) is 65.7 Å². The number of ether oxygens (including phenoxy) is 1. The van der Waals surface area contributed by atoms with E-state index in [1.807, 2.05) is 65.6 Å². The number of amides is 5. The van der Waals surface area contributed by atoms with Crippen molar-refractivity contribution in [1.82, 2.24) is 14.5 Å². The van der Waals surface area contributed by atoms with Crippen LogP contribution in [0, 0.1) is 0 Å². The third-order valence-electron chi connectivity index (χ3n) is 12.5. The Bertz CT molecular complexity index is 2550. The van der Waals surface area contributed by atoms with E-state index < -0.39 is 23.6 Å². The highest BCUT2D eigenvalue weighted by atomic mass is 32.2. The number of aliphatic imine (C=N–C) groups is 1. The van der Waals surface area contributed by atoms with E-state index in [4.69, 9.17) is 10.5 Å². The molecule has 4 aliphatic rings. The summed E-state index contributed by atoms with van der Waals surface area (Å²) in [5, 5.41) is 20.3. The molecule has 3 saturated heterocycles. The summed E-state index contributed by atoms with van der Waals surface area (Å²) in [5.41, 5.74) is 11.0. The molecule has 16 heteroatoms. The lowest BCUT2D eigenvalue weighted by Gasteiger charge is -2.45. The number of aliphatic carboxylic acids is 1. The molecule has 64 heavy (non-hydrogen) atoms. The quantitative estimate of drug-likeness (QED) is 0.0293. The molecule has 0 saturated carbocycles. The van der Waals surface area contributed by atoms with Crippen LogP contribution in [0.1, 0.15) is 86.7 Å². The van der Waals surface area contributed by atoms with Gasteiger partial charge in [-0.3, -0.25) is 29.6 Å². The Kier molecular flexibility index (Phi) is 13.0. The molecular formula is C48H54N8O7S. The molecule has 0 radical (unpaired) electrons. The number of hydrogen-bond acceptors (Lipinski definition) is 11. The molecule has 2 unspecified atom stereocenters. The molecule has 0 aliphatic carbocycles. The number of allylic oxidation sites excluding steroid dienone is 1. The first-order valence-electron chi connectivity index (χ1n) is 21.8. The number of carbonyl (C=O) groups is 5. The van der Waals surface area contributed by atoms with Crippen LogP contribution in [0.2, 0.25) is 0 Å². The molecular weight excluding hydrogens is 833 g/mol. The fraction of sp³-hybridized carbons (Fsp3) is 0.375. The van der Waals surface area contributed by atoms with Crippen LogP contribution in [-0.4, -0.2) is 94.1 Å². The number of carboxylic acid groups (broad SMARTS) is 1. The maximum absolute atomic E-state index is 13.6. The summed E-state index contributed by atoms with van der Waals surface area (Å²) in [7, 11) is 0. The van der Waals surface area contributed by atoms with E-state index in [9.17, 15) is 29.1 Å². The Balaban J connectivity index is 0.828. The molecule has 334 valence electrons. The van der Waals surface area contributed by atoms with Crippen molar-refractivity contribution in [1.29, 1.82) is 0 Å². The zero-order chi connectivity index (χ0) is 45.1. The monoisotopic (exact) mass is 886 g/mol. The first-order chi connectivity index (χ1) is 30.8. The van der Waals surface area contributed by atoms with Crippen molar-refractivity contribution in [3.63, 3.8) is 0 Å². The van der Waals surface area contributed by atoms with Crippen LogP contribution in [0.15, 0.2) is 95.3 Å². The second-order valence-corrected chi connectivity index (χ2v) is 18.3. The van der Waals surface area contributed by atoms with Crippen LogP contribution in [0.5, 0.6) is 0 Å². The van der Waals surface area contributed by atoms with E-state index in [1.165, 1.54) is 6.21 Å². The fourth-order valence-corrected chi connectivity index (χ4v) is 10.5. The molecule has 4 aliphatic heterocycles. The van der Waals surface area contributed by atoms with Gasteiger partial charge in [-0.15, -0.1) is 0 Å². The van der Waals surface area contributed by atoms with E-state index in [0.29, 0.717) is 36.4 Å². The van der Waals surface area contributed by atoms with Crippen molar-refractivity contribution >= 4 is 81.4 Å². The minimum Gasteiger partial charge on any atom is -0.490 e. The van der Waals surface area contributed by atoms with Gasteiger partial charge in [-0.05, 0) is 118 Å². The van der Waals surface area contributed by atoms with E-state index in [0.717, 1.165) is 71.3 Å². The Morgan fingerprint density at radius 3 is 2.48 bits per heavy atom. The number of piperidine rings is 3. The van der Waals surface area contributed by atoms with Crippen molar-refractivity contribution in [2.45, 2.75) is 88.6 Å². The molecule has 4 aromatic carbocycles. The number of rotatable bonds is 13. The molecule has 15 nitrogen and oxygen atoms in total. The van der Waals surface area contributed by atoms with Gasteiger partial charge in [0.25, 0.3) is 5.91 Å². The van der Waals surface area contributed by atoms with Crippen LogP contribution < -0.4 is 26.6 Å². The number of benzene rings is 4. The smallest absolute Gasteiger partial charge is 0.355 e. The number of nitrogens with zero attached hydrogens (tertiary/aromatic N) is 4. The molecule has 8 rings (SSSR count). The van der Waals surface area contributed by atoms with Crippen molar-refractivity contribution in [2.24, 2.45) is 10.7 Å². The lowest BCUT2D eigenvalue weighted by molar-refractivity contribution is -0.134. The average molecular weight is 887 g/mol. The lowest BCUT2D eigenvalue weighted by Crippen LogP contribution is -2.53. The summed E-state index contributed by atoms with van der Waals surface area (Å²) in [6.07, 6.45) is 5.22. The molecule has 0 aromatic heterocycles. The van der Waals surface area contributed by atoms with Crippen LogP contribution in [-0.2, 0) is 24.9 Å². The minimum atomic E-state index is -1.27. The Labute approximate surface area is 376 Å². The summed E-state index contributed by atoms with van der Waals surface area (Å²) in [6, 6.07) is 24.8. The van der Waals surface area contributed by atoms with Gasteiger partial charge in [0.2, 0.25) is 11.8 Å². The normalized spacial score (nSPS) is 20.6. The predicted molar refractivity (Wildman–Crippen MR) is 250 cm³/mol. The van der Waals surface area contributed by atoms with Crippen molar-refractivity contribution in [3.05, 3.63) is 107 Å². The highest BCUT2D eigenvalue weighted by molar-refractivity contribution is 7.96. The number of nitrogens with two attached hydrogens (primary N) is 1. The number of imide groups is 1. The number of hydrogen-bond donors (Lipinski definition) is 5. The van der Waals surface area contributed by atoms with Gasteiger partial charge < -0.3 is 31.1 Å². The summed E-state index contributed by atoms with van der Waals surface area (Å²) >= 11 is 1.80. The molecule has 4 aromatic rings. The van der Waals surface area contributed by atoms with Gasteiger partial charge in [0.05, 0.1) is 24.2 Å². The zero-order valence-corrected chi connectivity index (χ0v) is 37.1. The van der Waals surface area contributed by atoms with Crippen LogP contribution in [0.4, 0.5) is 27.5 Å². The molecule has 4 heterocycles. The van der Waals surface area contributed by atoms with E-state index in [-0.39, 0.29) is 54.1 Å². The largest absolute Gasteiger partial charge is 0.490 e. The molecule has 0 bridgehead atoms. The SMILES string of the molecule is CCO/C(C=Nc1cccc(NC2CCN(SCc3cccc(NC(=O)N4CCC(c5ccc6c7c(cccc57)C(=O)N6C5CCC(=O)NC5=O)CC4)c3)C(C)(C)C2)c1)=C(/N)C(=O)O. The zero-order valence-electron chi connectivity index (χ0n) is 36.3. The Morgan fingerprint density at radius 1 is 0.969 bits per heavy atom.